The van der Waals surface area contributed by atoms with E-state index in [4.69, 9.17) is 16.3 Å². The Hall–Kier alpha value is -0.740. The molecule has 0 aromatic carbocycles. The lowest BCUT2D eigenvalue weighted by atomic mass is 10.1. The molecule has 1 fully saturated rings. The van der Waals surface area contributed by atoms with E-state index in [9.17, 15) is 0 Å². The van der Waals surface area contributed by atoms with Crippen molar-refractivity contribution in [2.75, 3.05) is 27.2 Å². The van der Waals surface area contributed by atoms with E-state index in [0.717, 1.165) is 13.1 Å². The normalized spacial score (nSPS) is 22.2. The maximum absolute atomic E-state index is 6.10. The minimum absolute atomic E-state index is 0.604. The van der Waals surface area contributed by atoms with E-state index in [2.05, 4.69) is 17.0 Å². The number of hydrogen-bond acceptors (Lipinski definition) is 3. The van der Waals surface area contributed by atoms with Gasteiger partial charge in [0.15, 0.2) is 10.9 Å². The first-order valence-electron chi connectivity index (χ1n) is 5.14. The molecule has 0 amide bonds. The van der Waals surface area contributed by atoms with Crippen molar-refractivity contribution in [1.29, 1.82) is 0 Å². The highest BCUT2D eigenvalue weighted by Gasteiger charge is 2.21. The number of aromatic nitrogens is 2. The number of ether oxygens (including phenoxy) is 1. The summed E-state index contributed by atoms with van der Waals surface area (Å²) < 4.78 is 6.91. The van der Waals surface area contributed by atoms with Crippen LogP contribution in [0.2, 0.25) is 5.15 Å². The summed E-state index contributed by atoms with van der Waals surface area (Å²) in [6, 6.07) is 0. The molecule has 1 aliphatic rings. The molecular weight excluding hydrogens is 214 g/mol. The van der Waals surface area contributed by atoms with Crippen molar-refractivity contribution in [3.63, 3.8) is 0 Å². The number of nitrogens with zero attached hydrogens (tertiary/aromatic N) is 3. The van der Waals surface area contributed by atoms with Crippen LogP contribution in [0.4, 0.5) is 0 Å². The number of rotatable bonds is 3. The molecule has 0 spiro atoms. The van der Waals surface area contributed by atoms with Crippen LogP contribution in [0, 0.1) is 5.92 Å². The largest absolute Gasteiger partial charge is 0.492 e. The summed E-state index contributed by atoms with van der Waals surface area (Å²) in [4.78, 5) is 2.33. The van der Waals surface area contributed by atoms with Gasteiger partial charge in [-0.15, -0.1) is 0 Å². The molecule has 1 aliphatic heterocycles. The van der Waals surface area contributed by atoms with Gasteiger partial charge in [0.25, 0.3) is 0 Å². The zero-order chi connectivity index (χ0) is 10.8. The molecule has 5 heteroatoms. The van der Waals surface area contributed by atoms with Crippen LogP contribution >= 0.6 is 11.6 Å². The van der Waals surface area contributed by atoms with Crippen LogP contribution in [-0.4, -0.2) is 41.9 Å². The van der Waals surface area contributed by atoms with Crippen molar-refractivity contribution in [2.24, 2.45) is 5.92 Å². The monoisotopic (exact) mass is 229 g/mol. The Bertz CT molecular complexity index is 339. The van der Waals surface area contributed by atoms with Crippen LogP contribution < -0.4 is 4.74 Å². The third-order valence-electron chi connectivity index (χ3n) is 2.88. The smallest absolute Gasteiger partial charge is 0.175 e. The van der Waals surface area contributed by atoms with Crippen molar-refractivity contribution in [3.8, 4) is 5.75 Å². The molecule has 0 aliphatic carbocycles. The Morgan fingerprint density at radius 2 is 2.47 bits per heavy atom. The minimum atomic E-state index is 0.604. The Labute approximate surface area is 94.8 Å². The quantitative estimate of drug-likeness (QED) is 0.787. The highest BCUT2D eigenvalue weighted by atomic mass is 35.5. The van der Waals surface area contributed by atoms with E-state index >= 15 is 0 Å². The van der Waals surface area contributed by atoms with Crippen LogP contribution in [0.3, 0.4) is 0 Å². The van der Waals surface area contributed by atoms with E-state index in [0.29, 0.717) is 16.8 Å². The lowest BCUT2D eigenvalue weighted by molar-refractivity contribution is 0.369. The van der Waals surface area contributed by atoms with Gasteiger partial charge in [-0.3, -0.25) is 4.68 Å². The number of halogens is 1. The SMILES string of the molecule is COc1cnn(CC2CCN(C)C2)c1Cl. The molecule has 1 saturated heterocycles. The predicted molar refractivity (Wildman–Crippen MR) is 59.4 cm³/mol. The van der Waals surface area contributed by atoms with Crippen molar-refractivity contribution < 1.29 is 4.74 Å². The van der Waals surface area contributed by atoms with E-state index in [-0.39, 0.29) is 0 Å². The second kappa shape index (κ2) is 4.41. The fourth-order valence-corrected chi connectivity index (χ4v) is 2.28. The molecule has 15 heavy (non-hydrogen) atoms. The van der Waals surface area contributed by atoms with Gasteiger partial charge in [-0.1, -0.05) is 11.6 Å². The average Bonchev–Trinajstić information content (AvgIpc) is 2.76. The van der Waals surface area contributed by atoms with Gasteiger partial charge in [-0.25, -0.2) is 0 Å². The first-order chi connectivity index (χ1) is 7.20. The summed E-state index contributed by atoms with van der Waals surface area (Å²) >= 11 is 6.10. The van der Waals surface area contributed by atoms with Crippen LogP contribution in [0.15, 0.2) is 6.20 Å². The van der Waals surface area contributed by atoms with Crippen LogP contribution in [0.1, 0.15) is 6.42 Å². The Morgan fingerprint density at radius 3 is 3.00 bits per heavy atom. The van der Waals surface area contributed by atoms with Crippen LogP contribution in [0.5, 0.6) is 5.75 Å². The zero-order valence-corrected chi connectivity index (χ0v) is 9.87. The van der Waals surface area contributed by atoms with E-state index < -0.39 is 0 Å². The Kier molecular flexibility index (Phi) is 3.17. The molecule has 0 N–H and O–H groups in total. The molecule has 1 atom stereocenters. The summed E-state index contributed by atoms with van der Waals surface area (Å²) in [6.45, 7) is 3.17. The molecule has 1 aromatic heterocycles. The summed E-state index contributed by atoms with van der Waals surface area (Å²) in [5, 5.41) is 4.82. The molecular formula is C10H16ClN3O. The van der Waals surface area contributed by atoms with E-state index in [1.54, 1.807) is 13.3 Å². The van der Waals surface area contributed by atoms with E-state index in [1.165, 1.54) is 13.0 Å². The summed E-state index contributed by atoms with van der Waals surface area (Å²) in [6.07, 6.45) is 2.88. The molecule has 4 nitrogen and oxygen atoms in total. The fourth-order valence-electron chi connectivity index (χ4n) is 2.04. The highest BCUT2D eigenvalue weighted by Crippen LogP contribution is 2.25. The summed E-state index contributed by atoms with van der Waals surface area (Å²) in [5.41, 5.74) is 0. The first-order valence-corrected chi connectivity index (χ1v) is 5.52. The third kappa shape index (κ3) is 2.26. The maximum Gasteiger partial charge on any atom is 0.175 e. The molecule has 1 aromatic rings. The van der Waals surface area contributed by atoms with Gasteiger partial charge in [0.2, 0.25) is 0 Å². The second-order valence-electron chi connectivity index (χ2n) is 4.10. The molecule has 2 heterocycles. The lowest BCUT2D eigenvalue weighted by Crippen LogP contribution is -2.17. The summed E-state index contributed by atoms with van der Waals surface area (Å²) in [7, 11) is 3.75. The second-order valence-corrected chi connectivity index (χ2v) is 4.46. The summed E-state index contributed by atoms with van der Waals surface area (Å²) in [5.74, 6) is 1.31. The van der Waals surface area contributed by atoms with Crippen LogP contribution in [-0.2, 0) is 6.54 Å². The lowest BCUT2D eigenvalue weighted by Gasteiger charge is -2.11. The van der Waals surface area contributed by atoms with Crippen molar-refractivity contribution in [1.82, 2.24) is 14.7 Å². The van der Waals surface area contributed by atoms with Gasteiger partial charge in [0.05, 0.1) is 13.3 Å². The van der Waals surface area contributed by atoms with Crippen LogP contribution in [0.25, 0.3) is 0 Å². The first kappa shape index (κ1) is 10.8. The predicted octanol–water partition coefficient (Wildman–Crippen LogP) is 1.50. The molecule has 0 saturated carbocycles. The van der Waals surface area contributed by atoms with Gasteiger partial charge in [-0.2, -0.15) is 5.10 Å². The number of methoxy groups -OCH3 is 1. The topological polar surface area (TPSA) is 30.3 Å². The van der Waals surface area contributed by atoms with Crippen molar-refractivity contribution in [2.45, 2.75) is 13.0 Å². The zero-order valence-electron chi connectivity index (χ0n) is 9.11. The fraction of sp³-hybridized carbons (Fsp3) is 0.700. The molecule has 1 unspecified atom stereocenters. The van der Waals surface area contributed by atoms with Gasteiger partial charge < -0.3 is 9.64 Å². The van der Waals surface area contributed by atoms with Gasteiger partial charge in [-0.05, 0) is 25.9 Å². The van der Waals surface area contributed by atoms with Gasteiger partial charge >= 0.3 is 0 Å². The van der Waals surface area contributed by atoms with Crippen molar-refractivity contribution in [3.05, 3.63) is 11.3 Å². The Balaban J connectivity index is 2.01. The molecule has 2 rings (SSSR count). The van der Waals surface area contributed by atoms with Gasteiger partial charge in [0.1, 0.15) is 0 Å². The van der Waals surface area contributed by atoms with Crippen molar-refractivity contribution >= 4 is 11.6 Å². The molecule has 0 radical (unpaired) electrons. The Morgan fingerprint density at radius 1 is 1.67 bits per heavy atom. The highest BCUT2D eigenvalue weighted by molar-refractivity contribution is 6.31. The maximum atomic E-state index is 6.10. The van der Waals surface area contributed by atoms with Gasteiger partial charge in [0, 0.05) is 13.1 Å². The number of likely N-dealkylation sites (tertiary alicyclic amines) is 1. The third-order valence-corrected chi connectivity index (χ3v) is 3.27. The number of hydrogen-bond donors (Lipinski definition) is 0. The molecule has 0 bridgehead atoms. The average molecular weight is 230 g/mol. The van der Waals surface area contributed by atoms with E-state index in [1.807, 2.05) is 4.68 Å². The standard InChI is InChI=1S/C10H16ClN3O/c1-13-4-3-8(6-13)7-14-10(11)9(15-2)5-12-14/h5,8H,3-4,6-7H2,1-2H3. The molecule has 84 valence electrons. The minimum Gasteiger partial charge on any atom is -0.492 e.